The van der Waals surface area contributed by atoms with E-state index in [0.717, 1.165) is 0 Å². The molecule has 0 aliphatic heterocycles. The summed E-state index contributed by atoms with van der Waals surface area (Å²) < 4.78 is 0. The number of hydrogen-bond acceptors (Lipinski definition) is 3. The summed E-state index contributed by atoms with van der Waals surface area (Å²) in [5.74, 6) is -0.472. The number of pyridine rings is 1. The Morgan fingerprint density at radius 3 is 2.68 bits per heavy atom. The Balaban J connectivity index is 2.04. The minimum absolute atomic E-state index is 0.0674. The number of phenolic OH excluding ortho intramolecular Hbond substituents is 1. The summed E-state index contributed by atoms with van der Waals surface area (Å²) in [4.78, 5) is 16.7. The van der Waals surface area contributed by atoms with Crippen LogP contribution in [0.2, 0.25) is 10.2 Å². The van der Waals surface area contributed by atoms with Gasteiger partial charge in [-0.3, -0.25) is 4.79 Å². The van der Waals surface area contributed by atoms with E-state index >= 15 is 0 Å². The lowest BCUT2D eigenvalue weighted by Gasteiger charge is -2.10. The summed E-state index contributed by atoms with van der Waals surface area (Å²) in [6, 6.07) is 13.1. The zero-order chi connectivity index (χ0) is 15.7. The molecule has 3 rings (SSSR count). The SMILES string of the molecule is O=C(Nc1cc(Cl)ccc1O)c1cc(Cl)nc2ccccc12. The molecular weight excluding hydrogens is 323 g/mol. The summed E-state index contributed by atoms with van der Waals surface area (Å²) in [6.07, 6.45) is 0. The molecule has 0 atom stereocenters. The number of aromatic nitrogens is 1. The van der Waals surface area contributed by atoms with Crippen LogP contribution in [0.3, 0.4) is 0 Å². The Hall–Kier alpha value is -2.30. The molecule has 2 N–H and O–H groups in total. The maximum atomic E-state index is 12.5. The van der Waals surface area contributed by atoms with Crippen LogP contribution in [0.5, 0.6) is 5.75 Å². The van der Waals surface area contributed by atoms with Crippen molar-refractivity contribution in [2.75, 3.05) is 5.32 Å². The molecule has 1 heterocycles. The summed E-state index contributed by atoms with van der Waals surface area (Å²) >= 11 is 11.8. The fraction of sp³-hybridized carbons (Fsp3) is 0. The minimum Gasteiger partial charge on any atom is -0.506 e. The van der Waals surface area contributed by atoms with Crippen LogP contribution in [0, 0.1) is 0 Å². The van der Waals surface area contributed by atoms with E-state index in [1.807, 2.05) is 12.1 Å². The molecule has 2 aromatic carbocycles. The van der Waals surface area contributed by atoms with Crippen molar-refractivity contribution in [2.45, 2.75) is 0 Å². The van der Waals surface area contributed by atoms with Crippen LogP contribution < -0.4 is 5.32 Å². The lowest BCUT2D eigenvalue weighted by Crippen LogP contribution is -2.13. The van der Waals surface area contributed by atoms with E-state index in [9.17, 15) is 9.90 Å². The van der Waals surface area contributed by atoms with Crippen LogP contribution in [-0.2, 0) is 0 Å². The van der Waals surface area contributed by atoms with E-state index in [-0.39, 0.29) is 16.6 Å². The number of nitrogens with one attached hydrogen (secondary N) is 1. The Kier molecular flexibility index (Phi) is 3.88. The van der Waals surface area contributed by atoms with Crippen LogP contribution in [0.25, 0.3) is 10.9 Å². The number of fused-ring (bicyclic) bond motifs is 1. The molecule has 0 unspecified atom stereocenters. The molecule has 0 spiro atoms. The first-order valence-electron chi connectivity index (χ1n) is 6.40. The largest absolute Gasteiger partial charge is 0.506 e. The summed E-state index contributed by atoms with van der Waals surface area (Å²) in [5.41, 5.74) is 1.22. The Labute approximate surface area is 136 Å². The molecule has 0 saturated carbocycles. The zero-order valence-electron chi connectivity index (χ0n) is 11.2. The molecule has 0 aliphatic rings. The second kappa shape index (κ2) is 5.83. The molecule has 0 fully saturated rings. The smallest absolute Gasteiger partial charge is 0.256 e. The van der Waals surface area contributed by atoms with E-state index < -0.39 is 5.91 Å². The third kappa shape index (κ3) is 2.84. The van der Waals surface area contributed by atoms with Crippen LogP contribution in [0.15, 0.2) is 48.5 Å². The summed E-state index contributed by atoms with van der Waals surface area (Å²) in [5, 5.41) is 13.7. The Bertz CT molecular complexity index is 881. The maximum Gasteiger partial charge on any atom is 0.256 e. The summed E-state index contributed by atoms with van der Waals surface area (Å²) in [7, 11) is 0. The number of carbonyl (C=O) groups is 1. The lowest BCUT2D eigenvalue weighted by atomic mass is 10.1. The molecule has 1 aromatic heterocycles. The van der Waals surface area contributed by atoms with Crippen molar-refractivity contribution in [1.82, 2.24) is 4.98 Å². The average molecular weight is 333 g/mol. The van der Waals surface area contributed by atoms with Crippen molar-refractivity contribution in [3.63, 3.8) is 0 Å². The fourth-order valence-electron chi connectivity index (χ4n) is 2.13. The highest BCUT2D eigenvalue weighted by Crippen LogP contribution is 2.28. The van der Waals surface area contributed by atoms with Gasteiger partial charge in [0, 0.05) is 10.4 Å². The Morgan fingerprint density at radius 2 is 1.86 bits per heavy atom. The number of para-hydroxylation sites is 1. The van der Waals surface area contributed by atoms with Gasteiger partial charge in [-0.05, 0) is 30.3 Å². The number of hydrogen-bond donors (Lipinski definition) is 2. The van der Waals surface area contributed by atoms with Gasteiger partial charge in [-0.2, -0.15) is 0 Å². The first-order chi connectivity index (χ1) is 10.5. The molecule has 0 aliphatic carbocycles. The monoisotopic (exact) mass is 332 g/mol. The molecular formula is C16H10Cl2N2O2. The number of phenols is 1. The number of aromatic hydroxyl groups is 1. The molecule has 3 aromatic rings. The van der Waals surface area contributed by atoms with E-state index in [1.54, 1.807) is 12.1 Å². The van der Waals surface area contributed by atoms with Crippen LogP contribution in [-0.4, -0.2) is 16.0 Å². The van der Waals surface area contributed by atoms with Gasteiger partial charge >= 0.3 is 0 Å². The number of nitrogens with zero attached hydrogens (tertiary/aromatic N) is 1. The molecule has 0 bridgehead atoms. The molecule has 0 radical (unpaired) electrons. The second-order valence-corrected chi connectivity index (χ2v) is 5.45. The van der Waals surface area contributed by atoms with Gasteiger partial charge in [0.1, 0.15) is 10.9 Å². The molecule has 0 saturated heterocycles. The van der Waals surface area contributed by atoms with E-state index in [1.165, 1.54) is 24.3 Å². The maximum absolute atomic E-state index is 12.5. The normalized spacial score (nSPS) is 10.6. The second-order valence-electron chi connectivity index (χ2n) is 4.63. The number of anilines is 1. The van der Waals surface area contributed by atoms with Gasteiger partial charge in [-0.25, -0.2) is 4.98 Å². The van der Waals surface area contributed by atoms with Crippen molar-refractivity contribution in [3.05, 3.63) is 64.3 Å². The molecule has 22 heavy (non-hydrogen) atoms. The first-order valence-corrected chi connectivity index (χ1v) is 7.15. The Morgan fingerprint density at radius 1 is 1.09 bits per heavy atom. The van der Waals surface area contributed by atoms with Gasteiger partial charge in [-0.1, -0.05) is 41.4 Å². The van der Waals surface area contributed by atoms with Crippen molar-refractivity contribution in [1.29, 1.82) is 0 Å². The molecule has 1 amide bonds. The van der Waals surface area contributed by atoms with Gasteiger partial charge in [0.25, 0.3) is 5.91 Å². The molecule has 4 nitrogen and oxygen atoms in total. The van der Waals surface area contributed by atoms with Crippen molar-refractivity contribution < 1.29 is 9.90 Å². The first kappa shape index (κ1) is 14.6. The van der Waals surface area contributed by atoms with Gasteiger partial charge < -0.3 is 10.4 Å². The van der Waals surface area contributed by atoms with Crippen LogP contribution >= 0.6 is 23.2 Å². The fourth-order valence-corrected chi connectivity index (χ4v) is 2.50. The number of amides is 1. The quantitative estimate of drug-likeness (QED) is 0.536. The highest BCUT2D eigenvalue weighted by atomic mass is 35.5. The van der Waals surface area contributed by atoms with Gasteiger partial charge in [0.05, 0.1) is 16.8 Å². The van der Waals surface area contributed by atoms with E-state index in [4.69, 9.17) is 23.2 Å². The highest BCUT2D eigenvalue weighted by Gasteiger charge is 2.14. The predicted octanol–water partition coefficient (Wildman–Crippen LogP) is 4.50. The number of rotatable bonds is 2. The van der Waals surface area contributed by atoms with Gasteiger partial charge in [0.15, 0.2) is 0 Å². The van der Waals surface area contributed by atoms with Gasteiger partial charge in [0.2, 0.25) is 0 Å². The number of halogens is 2. The van der Waals surface area contributed by atoms with Crippen molar-refractivity contribution >= 4 is 45.7 Å². The van der Waals surface area contributed by atoms with E-state index in [0.29, 0.717) is 21.5 Å². The van der Waals surface area contributed by atoms with Crippen LogP contribution in [0.4, 0.5) is 5.69 Å². The highest BCUT2D eigenvalue weighted by molar-refractivity contribution is 6.31. The molecule has 6 heteroatoms. The third-order valence-electron chi connectivity index (χ3n) is 3.14. The zero-order valence-corrected chi connectivity index (χ0v) is 12.7. The van der Waals surface area contributed by atoms with Crippen molar-refractivity contribution in [3.8, 4) is 5.75 Å². The van der Waals surface area contributed by atoms with Crippen LogP contribution in [0.1, 0.15) is 10.4 Å². The average Bonchev–Trinajstić information content (AvgIpc) is 2.50. The third-order valence-corrected chi connectivity index (χ3v) is 3.57. The lowest BCUT2D eigenvalue weighted by molar-refractivity contribution is 0.102. The van der Waals surface area contributed by atoms with Gasteiger partial charge in [-0.15, -0.1) is 0 Å². The topological polar surface area (TPSA) is 62.2 Å². The minimum atomic E-state index is -0.405. The predicted molar refractivity (Wildman–Crippen MR) is 87.8 cm³/mol. The number of benzene rings is 2. The van der Waals surface area contributed by atoms with E-state index in [2.05, 4.69) is 10.3 Å². The van der Waals surface area contributed by atoms with Crippen molar-refractivity contribution in [2.24, 2.45) is 0 Å². The number of carbonyl (C=O) groups excluding carboxylic acids is 1. The summed E-state index contributed by atoms with van der Waals surface area (Å²) in [6.45, 7) is 0. The standard InChI is InChI=1S/C16H10Cl2N2O2/c17-9-5-6-14(21)13(7-9)20-16(22)11-8-15(18)19-12-4-2-1-3-10(11)12/h1-8,21H,(H,20,22). The molecule has 110 valence electrons.